The molecule has 2 unspecified atom stereocenters. The summed E-state index contributed by atoms with van der Waals surface area (Å²) in [6.07, 6.45) is 1.90. The first kappa shape index (κ1) is 7.43. The van der Waals surface area contributed by atoms with Crippen LogP contribution in [0.15, 0.2) is 15.9 Å². The van der Waals surface area contributed by atoms with Gasteiger partial charge in [-0.25, -0.2) is 0 Å². The summed E-state index contributed by atoms with van der Waals surface area (Å²) in [6, 6.07) is 0. The molecule has 1 heterocycles. The molecule has 1 aliphatic heterocycles. The Morgan fingerprint density at radius 2 is 2.56 bits per heavy atom. The molecule has 9 heavy (non-hydrogen) atoms. The Kier molecular flexibility index (Phi) is 2.42. The zero-order chi connectivity index (χ0) is 6.85. The summed E-state index contributed by atoms with van der Waals surface area (Å²) in [5, 5.41) is 1.21. The number of halogens is 1. The fraction of sp³-hybridized carbons (Fsp3) is 0.500. The summed E-state index contributed by atoms with van der Waals surface area (Å²) in [7, 11) is 2.67. The first-order valence-corrected chi connectivity index (χ1v) is 4.31. The maximum absolute atomic E-state index is 4.14. The quantitative estimate of drug-likeness (QED) is 0.424. The number of dihydropyridines is 1. The topological polar surface area (TPSA) is 12.4 Å². The molecule has 0 spiro atoms. The number of nitrogens with zero attached hydrogens (tertiary/aromatic N) is 1. The van der Waals surface area contributed by atoms with Crippen molar-refractivity contribution in [2.75, 3.05) is 6.54 Å². The van der Waals surface area contributed by atoms with Gasteiger partial charge >= 0.3 is 0 Å². The summed E-state index contributed by atoms with van der Waals surface area (Å²) in [5.74, 6) is 0. The second-order valence-corrected chi connectivity index (χ2v) is 3.83. The molecule has 0 aromatic rings. The van der Waals surface area contributed by atoms with Gasteiger partial charge in [-0.2, -0.15) is 0 Å². The molecule has 50 valence electrons. The monoisotopic (exact) mass is 205 g/mol. The van der Waals surface area contributed by atoms with Crippen LogP contribution in [0, 0.1) is 0 Å². The van der Waals surface area contributed by atoms with Crippen LogP contribution in [0.2, 0.25) is 0 Å². The van der Waals surface area contributed by atoms with Crippen LogP contribution in [0.1, 0.15) is 6.92 Å². The lowest BCUT2D eigenvalue weighted by Crippen LogP contribution is -2.10. The summed E-state index contributed by atoms with van der Waals surface area (Å²) in [5.41, 5.74) is 1.37. The third-order valence-electron chi connectivity index (χ3n) is 1.42. The molecular weight excluding hydrogens is 197 g/mol. The van der Waals surface area contributed by atoms with Gasteiger partial charge in [0.2, 0.25) is 0 Å². The Labute approximate surface area is 66.0 Å². The van der Waals surface area contributed by atoms with Crippen molar-refractivity contribution in [2.45, 2.75) is 11.8 Å². The van der Waals surface area contributed by atoms with E-state index in [1.807, 2.05) is 6.21 Å². The van der Waals surface area contributed by atoms with Crippen LogP contribution in [0.3, 0.4) is 0 Å². The van der Waals surface area contributed by atoms with E-state index in [0.29, 0.717) is 4.83 Å². The summed E-state index contributed by atoms with van der Waals surface area (Å²) >= 11 is 3.51. The van der Waals surface area contributed by atoms with Crippen LogP contribution in [0.25, 0.3) is 0 Å². The highest BCUT2D eigenvalue weighted by Crippen LogP contribution is 2.22. The van der Waals surface area contributed by atoms with Gasteiger partial charge in [0.05, 0.1) is 11.4 Å². The highest BCUT2D eigenvalue weighted by Gasteiger charge is 2.10. The Morgan fingerprint density at radius 1 is 1.89 bits per heavy atom. The lowest BCUT2D eigenvalue weighted by atomic mass is 10.2. The van der Waals surface area contributed by atoms with Crippen molar-refractivity contribution in [3.63, 3.8) is 0 Å². The van der Waals surface area contributed by atoms with Gasteiger partial charge in [0.15, 0.2) is 0 Å². The zero-order valence-electron chi connectivity index (χ0n) is 5.26. The Balaban J connectivity index is 2.83. The molecule has 0 aliphatic carbocycles. The maximum Gasteiger partial charge on any atom is 0.0557 e. The standard InChI is InChI=1S/C6H9BrNP/c1-4-5(7)2-8-3-6(4)9/h3,5H,2,9H2,1H3. The van der Waals surface area contributed by atoms with E-state index in [2.05, 4.69) is 37.1 Å². The van der Waals surface area contributed by atoms with Crippen molar-refractivity contribution in [3.05, 3.63) is 10.9 Å². The number of alkyl halides is 1. The van der Waals surface area contributed by atoms with E-state index in [1.165, 1.54) is 10.9 Å². The summed E-state index contributed by atoms with van der Waals surface area (Å²) in [6.45, 7) is 3.00. The van der Waals surface area contributed by atoms with E-state index >= 15 is 0 Å². The van der Waals surface area contributed by atoms with E-state index in [0.717, 1.165) is 6.54 Å². The summed E-state index contributed by atoms with van der Waals surface area (Å²) in [4.78, 5) is 4.59. The highest BCUT2D eigenvalue weighted by molar-refractivity contribution is 9.09. The van der Waals surface area contributed by atoms with Crippen molar-refractivity contribution in [3.8, 4) is 0 Å². The largest absolute Gasteiger partial charge is 0.291 e. The molecule has 2 atom stereocenters. The van der Waals surface area contributed by atoms with Crippen LogP contribution in [0.4, 0.5) is 0 Å². The maximum atomic E-state index is 4.14. The fourth-order valence-electron chi connectivity index (χ4n) is 0.663. The van der Waals surface area contributed by atoms with Crippen molar-refractivity contribution in [1.82, 2.24) is 0 Å². The Bertz CT molecular complexity index is 174. The minimum absolute atomic E-state index is 0.454. The number of allylic oxidation sites excluding steroid dienone is 1. The molecular formula is C6H9BrNP. The number of aliphatic imine (C=N–C) groups is 1. The van der Waals surface area contributed by atoms with E-state index in [4.69, 9.17) is 0 Å². The van der Waals surface area contributed by atoms with Crippen molar-refractivity contribution in [1.29, 1.82) is 0 Å². The minimum Gasteiger partial charge on any atom is -0.291 e. The first-order valence-electron chi connectivity index (χ1n) is 2.82. The lowest BCUT2D eigenvalue weighted by molar-refractivity contribution is 0.971. The van der Waals surface area contributed by atoms with Crippen molar-refractivity contribution < 1.29 is 0 Å². The lowest BCUT2D eigenvalue weighted by Gasteiger charge is -2.13. The van der Waals surface area contributed by atoms with E-state index < -0.39 is 0 Å². The van der Waals surface area contributed by atoms with Gasteiger partial charge in [-0.3, -0.25) is 4.99 Å². The average Bonchev–Trinajstić information content (AvgIpc) is 1.83. The minimum atomic E-state index is 0.454. The molecule has 0 amide bonds. The van der Waals surface area contributed by atoms with Crippen LogP contribution >= 0.6 is 25.2 Å². The van der Waals surface area contributed by atoms with Crippen molar-refractivity contribution in [2.24, 2.45) is 4.99 Å². The van der Waals surface area contributed by atoms with Crippen LogP contribution in [0.5, 0.6) is 0 Å². The number of hydrogen-bond donors (Lipinski definition) is 0. The normalized spacial score (nSPS) is 27.2. The van der Waals surface area contributed by atoms with E-state index in [1.54, 1.807) is 0 Å². The van der Waals surface area contributed by atoms with Gasteiger partial charge in [0, 0.05) is 6.21 Å². The molecule has 0 saturated heterocycles. The predicted molar refractivity (Wildman–Crippen MR) is 48.5 cm³/mol. The molecule has 0 N–H and O–H groups in total. The molecule has 0 radical (unpaired) electrons. The van der Waals surface area contributed by atoms with Gasteiger partial charge in [-0.05, 0) is 17.8 Å². The van der Waals surface area contributed by atoms with Crippen LogP contribution in [-0.4, -0.2) is 17.6 Å². The van der Waals surface area contributed by atoms with Gasteiger partial charge in [-0.15, -0.1) is 9.24 Å². The molecule has 1 rings (SSSR count). The molecule has 0 aromatic heterocycles. The first-order chi connectivity index (χ1) is 4.22. The summed E-state index contributed by atoms with van der Waals surface area (Å²) < 4.78 is 0. The van der Waals surface area contributed by atoms with E-state index in [9.17, 15) is 0 Å². The SMILES string of the molecule is CC1=C(P)C=NCC1Br. The molecule has 0 fully saturated rings. The van der Waals surface area contributed by atoms with Crippen LogP contribution in [-0.2, 0) is 0 Å². The second kappa shape index (κ2) is 2.94. The number of rotatable bonds is 0. The van der Waals surface area contributed by atoms with E-state index in [-0.39, 0.29) is 0 Å². The third-order valence-corrected chi connectivity index (χ3v) is 3.00. The van der Waals surface area contributed by atoms with Gasteiger partial charge in [0.25, 0.3) is 0 Å². The fourth-order valence-corrected chi connectivity index (χ4v) is 1.65. The smallest absolute Gasteiger partial charge is 0.0557 e. The Morgan fingerprint density at radius 3 is 3.00 bits per heavy atom. The number of hydrogen-bond acceptors (Lipinski definition) is 1. The average molecular weight is 206 g/mol. The molecule has 1 aliphatic rings. The molecule has 0 saturated carbocycles. The van der Waals surface area contributed by atoms with Gasteiger partial charge < -0.3 is 0 Å². The zero-order valence-corrected chi connectivity index (χ0v) is 8.01. The highest BCUT2D eigenvalue weighted by atomic mass is 79.9. The van der Waals surface area contributed by atoms with Gasteiger partial charge in [0.1, 0.15) is 0 Å². The third kappa shape index (κ3) is 1.62. The molecule has 3 heteroatoms. The molecule has 0 aromatic carbocycles. The van der Waals surface area contributed by atoms with Crippen molar-refractivity contribution >= 4 is 31.4 Å². The van der Waals surface area contributed by atoms with Gasteiger partial charge in [-0.1, -0.05) is 15.9 Å². The van der Waals surface area contributed by atoms with Crippen LogP contribution < -0.4 is 0 Å². The Hall–Kier alpha value is 0.320. The molecule has 0 bridgehead atoms. The predicted octanol–water partition coefficient (Wildman–Crippen LogP) is 1.98. The molecule has 1 nitrogen and oxygen atoms in total. The second-order valence-electron chi connectivity index (χ2n) is 2.10.